The topological polar surface area (TPSA) is 18.5 Å². The Morgan fingerprint density at radius 1 is 0.900 bits per heavy atom. The van der Waals surface area contributed by atoms with Crippen LogP contribution in [0.5, 0.6) is 11.5 Å². The fraction of sp³-hybridized carbons (Fsp3) is 0.250. The Balaban J connectivity index is 3.17. The standard InChI is InChI=1S/C12H9F6O2/c1-3-7(2)8-4-9(19-11(13,14)15)6-10(5-8)20-12(16,17)18/h3-7H,1-2H2. The van der Waals surface area contributed by atoms with Gasteiger partial charge in [-0.15, -0.1) is 32.9 Å². The van der Waals surface area contributed by atoms with Crippen LogP contribution in [0.15, 0.2) is 30.9 Å². The number of hydrogen-bond acceptors (Lipinski definition) is 2. The molecule has 0 saturated heterocycles. The van der Waals surface area contributed by atoms with Crippen LogP contribution >= 0.6 is 0 Å². The van der Waals surface area contributed by atoms with Crippen LogP contribution in [0.1, 0.15) is 11.5 Å². The van der Waals surface area contributed by atoms with Gasteiger partial charge in [-0.2, -0.15) is 0 Å². The molecular formula is C12H9F6O2. The lowest BCUT2D eigenvalue weighted by molar-refractivity contribution is -0.276. The number of rotatable bonds is 4. The fourth-order valence-electron chi connectivity index (χ4n) is 1.33. The number of ether oxygens (including phenoxy) is 2. The second kappa shape index (κ2) is 5.64. The molecule has 0 fully saturated rings. The summed E-state index contributed by atoms with van der Waals surface area (Å²) < 4.78 is 79.8. The van der Waals surface area contributed by atoms with E-state index >= 15 is 0 Å². The Morgan fingerprint density at radius 3 is 1.60 bits per heavy atom. The third-order valence-electron chi connectivity index (χ3n) is 2.08. The molecule has 20 heavy (non-hydrogen) atoms. The number of benzene rings is 1. The molecule has 1 atom stereocenters. The van der Waals surface area contributed by atoms with E-state index in [0.717, 1.165) is 12.1 Å². The summed E-state index contributed by atoms with van der Waals surface area (Å²) >= 11 is 0. The first-order valence-electron chi connectivity index (χ1n) is 5.12. The molecule has 0 aromatic heterocycles. The summed E-state index contributed by atoms with van der Waals surface area (Å²) in [7, 11) is 0. The first kappa shape index (κ1) is 16.2. The molecule has 1 unspecified atom stereocenters. The van der Waals surface area contributed by atoms with Crippen LogP contribution in [0.25, 0.3) is 0 Å². The minimum Gasteiger partial charge on any atom is -0.406 e. The first-order valence-corrected chi connectivity index (χ1v) is 5.12. The van der Waals surface area contributed by atoms with Gasteiger partial charge >= 0.3 is 12.7 Å². The van der Waals surface area contributed by atoms with Crippen LogP contribution in [0.4, 0.5) is 26.3 Å². The van der Waals surface area contributed by atoms with Gasteiger partial charge < -0.3 is 9.47 Å². The predicted octanol–water partition coefficient (Wildman–Crippen LogP) is 4.59. The molecule has 1 aromatic carbocycles. The molecular weight excluding hydrogens is 290 g/mol. The maximum Gasteiger partial charge on any atom is 0.573 e. The molecule has 0 spiro atoms. The fourth-order valence-corrected chi connectivity index (χ4v) is 1.33. The zero-order valence-corrected chi connectivity index (χ0v) is 9.89. The highest BCUT2D eigenvalue weighted by Crippen LogP contribution is 2.33. The van der Waals surface area contributed by atoms with Crippen molar-refractivity contribution in [1.82, 2.24) is 0 Å². The molecule has 0 aliphatic rings. The molecule has 2 nitrogen and oxygen atoms in total. The molecule has 8 heteroatoms. The summed E-state index contributed by atoms with van der Waals surface area (Å²) in [5, 5.41) is 0. The summed E-state index contributed by atoms with van der Waals surface area (Å²) in [5.41, 5.74) is 0.0426. The van der Waals surface area contributed by atoms with Crippen molar-refractivity contribution < 1.29 is 35.8 Å². The van der Waals surface area contributed by atoms with Crippen molar-refractivity contribution >= 4 is 0 Å². The minimum atomic E-state index is -5.03. The molecule has 0 aliphatic heterocycles. The highest BCUT2D eigenvalue weighted by atomic mass is 19.4. The Labute approximate surface area is 110 Å². The molecule has 0 aliphatic carbocycles. The van der Waals surface area contributed by atoms with E-state index in [-0.39, 0.29) is 5.56 Å². The average Bonchev–Trinajstić information content (AvgIpc) is 2.22. The Hall–Kier alpha value is -1.86. The zero-order valence-electron chi connectivity index (χ0n) is 9.89. The molecule has 111 valence electrons. The van der Waals surface area contributed by atoms with E-state index in [9.17, 15) is 26.3 Å². The SMILES string of the molecule is [CH2]C(C=C)c1cc(OC(F)(F)F)cc(OC(F)(F)F)c1. The number of alkyl halides is 6. The van der Waals surface area contributed by atoms with Gasteiger partial charge in [0.25, 0.3) is 0 Å². The molecule has 1 rings (SSSR count). The number of hydrogen-bond donors (Lipinski definition) is 0. The van der Waals surface area contributed by atoms with Crippen molar-refractivity contribution in [1.29, 1.82) is 0 Å². The lowest BCUT2D eigenvalue weighted by Crippen LogP contribution is -2.19. The maximum absolute atomic E-state index is 12.1. The van der Waals surface area contributed by atoms with Gasteiger partial charge in [0, 0.05) is 12.0 Å². The van der Waals surface area contributed by atoms with E-state index in [4.69, 9.17) is 0 Å². The highest BCUT2D eigenvalue weighted by Gasteiger charge is 2.34. The Bertz CT molecular complexity index is 444. The van der Waals surface area contributed by atoms with Crippen LogP contribution in [-0.2, 0) is 0 Å². The van der Waals surface area contributed by atoms with Crippen LogP contribution in [0, 0.1) is 6.92 Å². The third-order valence-corrected chi connectivity index (χ3v) is 2.08. The van der Waals surface area contributed by atoms with E-state index in [1.807, 2.05) is 0 Å². The molecule has 1 radical (unpaired) electrons. The van der Waals surface area contributed by atoms with E-state index in [2.05, 4.69) is 23.0 Å². The van der Waals surface area contributed by atoms with Crippen molar-refractivity contribution in [3.8, 4) is 11.5 Å². The normalized spacial score (nSPS) is 13.8. The summed E-state index contributed by atoms with van der Waals surface area (Å²) in [4.78, 5) is 0. The minimum absolute atomic E-state index is 0.0426. The number of halogens is 6. The van der Waals surface area contributed by atoms with Crippen LogP contribution < -0.4 is 9.47 Å². The van der Waals surface area contributed by atoms with Gasteiger partial charge in [-0.25, -0.2) is 0 Å². The van der Waals surface area contributed by atoms with Crippen LogP contribution in [0.2, 0.25) is 0 Å². The van der Waals surface area contributed by atoms with Crippen molar-refractivity contribution in [3.63, 3.8) is 0 Å². The summed E-state index contributed by atoms with van der Waals surface area (Å²) in [6.07, 6.45) is -8.80. The monoisotopic (exact) mass is 299 g/mol. The van der Waals surface area contributed by atoms with Crippen molar-refractivity contribution in [2.24, 2.45) is 0 Å². The lowest BCUT2D eigenvalue weighted by atomic mass is 10.0. The first-order chi connectivity index (χ1) is 9.00. The smallest absolute Gasteiger partial charge is 0.406 e. The molecule has 0 saturated carbocycles. The predicted molar refractivity (Wildman–Crippen MR) is 58.1 cm³/mol. The lowest BCUT2D eigenvalue weighted by Gasteiger charge is -2.15. The Kier molecular flexibility index (Phi) is 4.57. The molecule has 0 heterocycles. The second-order valence-electron chi connectivity index (χ2n) is 3.68. The van der Waals surface area contributed by atoms with E-state index in [1.165, 1.54) is 6.08 Å². The Morgan fingerprint density at radius 2 is 1.30 bits per heavy atom. The van der Waals surface area contributed by atoms with E-state index in [1.54, 1.807) is 0 Å². The molecule has 1 aromatic rings. The van der Waals surface area contributed by atoms with Crippen molar-refractivity contribution in [2.75, 3.05) is 0 Å². The van der Waals surface area contributed by atoms with Gasteiger partial charge in [-0.3, -0.25) is 0 Å². The van der Waals surface area contributed by atoms with Crippen molar-refractivity contribution in [2.45, 2.75) is 18.6 Å². The quantitative estimate of drug-likeness (QED) is 0.598. The number of allylic oxidation sites excluding steroid dienone is 1. The van der Waals surface area contributed by atoms with Gasteiger partial charge in [0.05, 0.1) is 0 Å². The van der Waals surface area contributed by atoms with Gasteiger partial charge in [0.2, 0.25) is 0 Å². The highest BCUT2D eigenvalue weighted by molar-refractivity contribution is 5.41. The summed E-state index contributed by atoms with van der Waals surface area (Å²) in [6.45, 7) is 6.87. The summed E-state index contributed by atoms with van der Waals surface area (Å²) in [6, 6.07) is 2.31. The van der Waals surface area contributed by atoms with E-state index in [0.29, 0.717) is 6.07 Å². The second-order valence-corrected chi connectivity index (χ2v) is 3.68. The van der Waals surface area contributed by atoms with Gasteiger partial charge in [0.15, 0.2) is 0 Å². The molecule has 0 amide bonds. The maximum atomic E-state index is 12.1. The largest absolute Gasteiger partial charge is 0.573 e. The zero-order chi connectivity index (χ0) is 15.6. The molecule has 0 bridgehead atoms. The third kappa shape index (κ3) is 5.41. The van der Waals surface area contributed by atoms with Crippen LogP contribution in [0.3, 0.4) is 0 Å². The van der Waals surface area contributed by atoms with Crippen molar-refractivity contribution in [3.05, 3.63) is 43.3 Å². The average molecular weight is 299 g/mol. The van der Waals surface area contributed by atoms with E-state index < -0.39 is 30.1 Å². The van der Waals surface area contributed by atoms with Gasteiger partial charge in [0.1, 0.15) is 11.5 Å². The van der Waals surface area contributed by atoms with Gasteiger partial charge in [-0.1, -0.05) is 6.08 Å². The summed E-state index contributed by atoms with van der Waals surface area (Å²) in [5.74, 6) is -2.38. The van der Waals surface area contributed by atoms with Gasteiger partial charge in [-0.05, 0) is 24.6 Å². The van der Waals surface area contributed by atoms with Crippen LogP contribution in [-0.4, -0.2) is 12.7 Å². The molecule has 0 N–H and O–H groups in total.